The lowest BCUT2D eigenvalue weighted by Crippen LogP contribution is -2.03. The summed E-state index contributed by atoms with van der Waals surface area (Å²) >= 11 is 0. The first-order chi connectivity index (χ1) is 14.2. The number of aromatic nitrogens is 2. The van der Waals surface area contributed by atoms with Gasteiger partial charge in [0.15, 0.2) is 5.82 Å². The highest BCUT2D eigenvalue weighted by atomic mass is 19.1. The molecule has 4 N–H and O–H groups in total. The maximum atomic E-state index is 13.2. The van der Waals surface area contributed by atoms with E-state index in [2.05, 4.69) is 38.5 Å². The standard InChI is InChI=1S/C22H19FN6/c23-18-7-11-19(12-8-18)27-21-17(4-2-1-3-13-24)15-26-22(29-21)28-20-9-5-16(14-25)6-10-20/h5-12,15H,1,3,13,24H2,(H2,26,27,28,29). The molecule has 2 aromatic carbocycles. The molecule has 0 atom stereocenters. The number of benzene rings is 2. The van der Waals surface area contributed by atoms with Gasteiger partial charge in [-0.3, -0.25) is 0 Å². The summed E-state index contributed by atoms with van der Waals surface area (Å²) in [4.78, 5) is 8.83. The largest absolute Gasteiger partial charge is 0.339 e. The molecule has 0 saturated heterocycles. The number of nitrogens with zero attached hydrogens (tertiary/aromatic N) is 3. The third-order valence-corrected chi connectivity index (χ3v) is 3.89. The third-order valence-electron chi connectivity index (χ3n) is 3.89. The van der Waals surface area contributed by atoms with Gasteiger partial charge in [-0.2, -0.15) is 10.2 Å². The molecule has 0 unspecified atom stereocenters. The van der Waals surface area contributed by atoms with Crippen molar-refractivity contribution in [2.75, 3.05) is 17.2 Å². The van der Waals surface area contributed by atoms with Gasteiger partial charge in [-0.25, -0.2) is 9.37 Å². The zero-order chi connectivity index (χ0) is 20.5. The second-order valence-corrected chi connectivity index (χ2v) is 6.10. The van der Waals surface area contributed by atoms with E-state index in [4.69, 9.17) is 11.0 Å². The molecular formula is C22H19FN6. The fourth-order valence-corrected chi connectivity index (χ4v) is 2.40. The van der Waals surface area contributed by atoms with Gasteiger partial charge in [-0.1, -0.05) is 11.8 Å². The Labute approximate surface area is 168 Å². The zero-order valence-corrected chi connectivity index (χ0v) is 15.6. The van der Waals surface area contributed by atoms with E-state index < -0.39 is 0 Å². The highest BCUT2D eigenvalue weighted by Crippen LogP contribution is 2.21. The molecule has 0 fully saturated rings. The van der Waals surface area contributed by atoms with Crippen LogP contribution in [0.3, 0.4) is 0 Å². The molecule has 0 aliphatic rings. The summed E-state index contributed by atoms with van der Waals surface area (Å²) < 4.78 is 13.2. The minimum absolute atomic E-state index is 0.316. The van der Waals surface area contributed by atoms with Crippen molar-refractivity contribution < 1.29 is 4.39 Å². The van der Waals surface area contributed by atoms with Gasteiger partial charge in [0.25, 0.3) is 0 Å². The molecule has 3 aromatic rings. The Balaban J connectivity index is 1.86. The fourth-order valence-electron chi connectivity index (χ4n) is 2.40. The monoisotopic (exact) mass is 386 g/mol. The first-order valence-electron chi connectivity index (χ1n) is 9.03. The molecule has 0 amide bonds. The molecule has 0 bridgehead atoms. The summed E-state index contributed by atoms with van der Waals surface area (Å²) in [6, 6.07) is 15.0. The first kappa shape index (κ1) is 19.8. The number of unbranched alkanes of at least 4 members (excludes halogenated alkanes) is 1. The summed E-state index contributed by atoms with van der Waals surface area (Å²) in [6.07, 6.45) is 3.12. The van der Waals surface area contributed by atoms with Gasteiger partial charge < -0.3 is 16.4 Å². The van der Waals surface area contributed by atoms with E-state index >= 15 is 0 Å². The van der Waals surface area contributed by atoms with Crippen molar-refractivity contribution in [3.05, 3.63) is 71.7 Å². The third kappa shape index (κ3) is 5.77. The molecule has 0 aliphatic heterocycles. The number of anilines is 4. The van der Waals surface area contributed by atoms with Crippen molar-refractivity contribution >= 4 is 23.1 Å². The zero-order valence-electron chi connectivity index (χ0n) is 15.6. The highest BCUT2D eigenvalue weighted by molar-refractivity contribution is 5.65. The minimum atomic E-state index is -0.316. The van der Waals surface area contributed by atoms with E-state index in [1.165, 1.54) is 12.1 Å². The predicted octanol–water partition coefficient (Wildman–Crippen LogP) is 4.06. The Bertz CT molecular complexity index is 1060. The van der Waals surface area contributed by atoms with Crippen LogP contribution in [0.4, 0.5) is 27.5 Å². The second-order valence-electron chi connectivity index (χ2n) is 6.10. The van der Waals surface area contributed by atoms with E-state index in [0.29, 0.717) is 41.5 Å². The van der Waals surface area contributed by atoms with E-state index in [1.807, 2.05) is 0 Å². The molecule has 0 saturated carbocycles. The molecule has 7 heteroatoms. The number of nitrogens with two attached hydrogens (primary N) is 1. The van der Waals surface area contributed by atoms with Crippen molar-refractivity contribution in [1.82, 2.24) is 9.97 Å². The maximum absolute atomic E-state index is 13.2. The summed E-state index contributed by atoms with van der Waals surface area (Å²) in [6.45, 7) is 0.583. The molecule has 1 heterocycles. The fraction of sp³-hybridized carbons (Fsp3) is 0.136. The van der Waals surface area contributed by atoms with E-state index in [1.54, 1.807) is 42.6 Å². The molecule has 0 aliphatic carbocycles. The molecule has 29 heavy (non-hydrogen) atoms. The van der Waals surface area contributed by atoms with Crippen LogP contribution < -0.4 is 16.4 Å². The summed E-state index contributed by atoms with van der Waals surface area (Å²) in [5, 5.41) is 15.2. The van der Waals surface area contributed by atoms with Gasteiger partial charge in [0.1, 0.15) is 5.82 Å². The molecule has 0 spiro atoms. The molecule has 144 valence electrons. The summed E-state index contributed by atoms with van der Waals surface area (Å²) in [5.74, 6) is 6.67. The Kier molecular flexibility index (Phi) is 6.72. The minimum Gasteiger partial charge on any atom is -0.339 e. The van der Waals surface area contributed by atoms with Crippen LogP contribution in [0.2, 0.25) is 0 Å². The predicted molar refractivity (Wildman–Crippen MR) is 111 cm³/mol. The SMILES string of the molecule is N#Cc1ccc(Nc2ncc(C#CCCCN)c(Nc3ccc(F)cc3)n2)cc1. The second kappa shape index (κ2) is 9.84. The van der Waals surface area contributed by atoms with E-state index in [9.17, 15) is 4.39 Å². The van der Waals surface area contributed by atoms with Crippen molar-refractivity contribution in [2.45, 2.75) is 12.8 Å². The quantitative estimate of drug-likeness (QED) is 0.436. The normalized spacial score (nSPS) is 9.83. The van der Waals surface area contributed by atoms with Gasteiger partial charge in [0, 0.05) is 17.8 Å². The molecule has 0 radical (unpaired) electrons. The average molecular weight is 386 g/mol. The Hall–Kier alpha value is -3.94. The smallest absolute Gasteiger partial charge is 0.229 e. The number of hydrogen-bond donors (Lipinski definition) is 3. The van der Waals surface area contributed by atoms with Gasteiger partial charge in [-0.05, 0) is 61.5 Å². The first-order valence-corrected chi connectivity index (χ1v) is 9.03. The van der Waals surface area contributed by atoms with Crippen LogP contribution in [0, 0.1) is 29.0 Å². The number of rotatable bonds is 6. The van der Waals surface area contributed by atoms with Crippen LogP contribution >= 0.6 is 0 Å². The number of nitrogens with one attached hydrogen (secondary N) is 2. The lowest BCUT2D eigenvalue weighted by atomic mass is 10.2. The Morgan fingerprint density at radius 1 is 1.00 bits per heavy atom. The lowest BCUT2D eigenvalue weighted by molar-refractivity contribution is 0.628. The molecule has 3 rings (SSSR count). The lowest BCUT2D eigenvalue weighted by Gasteiger charge is -2.11. The molecule has 6 nitrogen and oxygen atoms in total. The van der Waals surface area contributed by atoms with Crippen molar-refractivity contribution in [3.63, 3.8) is 0 Å². The molecule has 1 aromatic heterocycles. The average Bonchev–Trinajstić information content (AvgIpc) is 2.75. The number of halogens is 1. The van der Waals surface area contributed by atoms with Crippen molar-refractivity contribution in [3.8, 4) is 17.9 Å². The van der Waals surface area contributed by atoms with Crippen molar-refractivity contribution in [2.24, 2.45) is 5.73 Å². The van der Waals surface area contributed by atoms with Gasteiger partial charge >= 0.3 is 0 Å². The van der Waals surface area contributed by atoms with Crippen molar-refractivity contribution in [1.29, 1.82) is 5.26 Å². The number of nitriles is 1. The van der Waals surface area contributed by atoms with Crippen LogP contribution in [0.25, 0.3) is 0 Å². The molecular weight excluding hydrogens is 367 g/mol. The number of hydrogen-bond acceptors (Lipinski definition) is 6. The van der Waals surface area contributed by atoms with E-state index in [-0.39, 0.29) is 5.82 Å². The van der Waals surface area contributed by atoms with Crippen LogP contribution in [0.1, 0.15) is 24.0 Å². The maximum Gasteiger partial charge on any atom is 0.229 e. The van der Waals surface area contributed by atoms with Crippen LogP contribution in [-0.2, 0) is 0 Å². The summed E-state index contributed by atoms with van der Waals surface area (Å²) in [5.41, 5.74) is 8.12. The van der Waals surface area contributed by atoms with Gasteiger partial charge in [0.2, 0.25) is 5.95 Å². The van der Waals surface area contributed by atoms with Gasteiger partial charge in [0.05, 0.1) is 23.4 Å². The Morgan fingerprint density at radius 2 is 1.69 bits per heavy atom. The van der Waals surface area contributed by atoms with Gasteiger partial charge in [-0.15, -0.1) is 0 Å². The topological polar surface area (TPSA) is 99.7 Å². The van der Waals surface area contributed by atoms with Crippen LogP contribution in [0.15, 0.2) is 54.7 Å². The van der Waals surface area contributed by atoms with E-state index in [0.717, 1.165) is 12.1 Å². The van der Waals surface area contributed by atoms with Crippen LogP contribution in [-0.4, -0.2) is 16.5 Å². The van der Waals surface area contributed by atoms with Crippen LogP contribution in [0.5, 0.6) is 0 Å². The Morgan fingerprint density at radius 3 is 2.38 bits per heavy atom. The summed E-state index contributed by atoms with van der Waals surface area (Å²) in [7, 11) is 0. The highest BCUT2D eigenvalue weighted by Gasteiger charge is 2.07.